The summed E-state index contributed by atoms with van der Waals surface area (Å²) in [6.45, 7) is 5.97. The molecular formula is C27H33FN4O4. The Morgan fingerprint density at radius 2 is 1.78 bits per heavy atom. The molecular weight excluding hydrogens is 463 g/mol. The van der Waals surface area contributed by atoms with Crippen LogP contribution in [0.4, 0.5) is 15.8 Å². The first-order valence-electron chi connectivity index (χ1n) is 11.5. The molecule has 1 amide bonds. The predicted octanol–water partition coefficient (Wildman–Crippen LogP) is 4.38. The van der Waals surface area contributed by atoms with E-state index in [-0.39, 0.29) is 24.6 Å². The molecule has 4 aromatic rings. The Labute approximate surface area is 210 Å². The molecule has 0 spiro atoms. The number of halogens is 1. The Balaban J connectivity index is 0.000000694. The summed E-state index contributed by atoms with van der Waals surface area (Å²) >= 11 is 0. The van der Waals surface area contributed by atoms with E-state index in [1.54, 1.807) is 31.6 Å². The number of aliphatic hydroxyl groups is 2. The number of nitrogens with one attached hydrogen (secondary N) is 1. The Kier molecular flexibility index (Phi) is 10.9. The van der Waals surface area contributed by atoms with Gasteiger partial charge in [0.2, 0.25) is 0 Å². The number of methoxy groups -OCH3 is 1. The largest absolute Gasteiger partial charge is 0.497 e. The molecule has 0 aliphatic carbocycles. The maximum absolute atomic E-state index is 14.5. The second kappa shape index (κ2) is 13.8. The van der Waals surface area contributed by atoms with Crippen LogP contribution < -0.4 is 15.8 Å². The van der Waals surface area contributed by atoms with E-state index < -0.39 is 11.7 Å². The summed E-state index contributed by atoms with van der Waals surface area (Å²) in [5.41, 5.74) is 9.24. The number of benzene rings is 2. The minimum Gasteiger partial charge on any atom is -0.497 e. The Hall–Kier alpha value is -3.95. The van der Waals surface area contributed by atoms with Gasteiger partial charge in [-0.05, 0) is 48.4 Å². The van der Waals surface area contributed by atoms with E-state index in [0.29, 0.717) is 17.6 Å². The highest BCUT2D eigenvalue weighted by atomic mass is 19.1. The van der Waals surface area contributed by atoms with Gasteiger partial charge in [0.1, 0.15) is 17.3 Å². The number of ether oxygens (including phenoxy) is 1. The zero-order valence-electron chi connectivity index (χ0n) is 21.0. The maximum atomic E-state index is 14.5. The van der Waals surface area contributed by atoms with Crippen molar-refractivity contribution in [1.82, 2.24) is 9.55 Å². The maximum Gasteiger partial charge on any atom is 0.267 e. The van der Waals surface area contributed by atoms with Gasteiger partial charge in [0.15, 0.2) is 0 Å². The topological polar surface area (TPSA) is 123 Å². The van der Waals surface area contributed by atoms with Crippen LogP contribution in [0.5, 0.6) is 5.75 Å². The quantitative estimate of drug-likeness (QED) is 0.301. The van der Waals surface area contributed by atoms with Crippen LogP contribution in [0.15, 0.2) is 60.9 Å². The smallest absolute Gasteiger partial charge is 0.267 e. The number of aliphatic hydroxyl groups excluding tert-OH is 2. The number of aryl methyl sites for hydroxylation is 1. The molecule has 2 heterocycles. The molecule has 0 saturated carbocycles. The molecule has 8 nitrogen and oxygen atoms in total. The van der Waals surface area contributed by atoms with Crippen molar-refractivity contribution in [3.8, 4) is 5.75 Å². The summed E-state index contributed by atoms with van der Waals surface area (Å²) < 4.78 is 21.5. The minimum atomic E-state index is -0.616. The van der Waals surface area contributed by atoms with Crippen molar-refractivity contribution in [1.29, 1.82) is 0 Å². The van der Waals surface area contributed by atoms with Crippen molar-refractivity contribution in [3.05, 3.63) is 83.6 Å². The van der Waals surface area contributed by atoms with Gasteiger partial charge in [-0.15, -0.1) is 0 Å². The standard InChI is InChI=1S/C23H21FN4O2.C2H6O2.C2H6/c1-14-3-8-19(18(24)11-14)27-21-17-12-26-10-9-20(17)28(22(21)23(25)29)13-15-4-6-16(30-2)7-5-15;3-1-2-4;1-2/h3-12,27H,13H2,1-2H3,(H2,25,29);3-4H,1-2H2;1-2H3. The van der Waals surface area contributed by atoms with Crippen molar-refractivity contribution >= 4 is 28.2 Å². The lowest BCUT2D eigenvalue weighted by Crippen LogP contribution is -2.19. The highest BCUT2D eigenvalue weighted by molar-refractivity contribution is 6.09. The molecule has 0 radical (unpaired) electrons. The number of pyridine rings is 1. The summed E-state index contributed by atoms with van der Waals surface area (Å²) in [5.74, 6) is -0.285. The average molecular weight is 497 g/mol. The number of amides is 1. The Bertz CT molecular complexity index is 1270. The zero-order valence-corrected chi connectivity index (χ0v) is 21.0. The highest BCUT2D eigenvalue weighted by Gasteiger charge is 2.22. The zero-order chi connectivity index (χ0) is 26.7. The summed E-state index contributed by atoms with van der Waals surface area (Å²) in [6, 6.07) is 14.2. The van der Waals surface area contributed by atoms with Crippen LogP contribution in [0.25, 0.3) is 10.9 Å². The van der Waals surface area contributed by atoms with Gasteiger partial charge in [-0.3, -0.25) is 9.78 Å². The number of hydrogen-bond donors (Lipinski definition) is 4. The molecule has 2 aromatic heterocycles. The normalized spacial score (nSPS) is 10.1. The molecule has 0 atom stereocenters. The number of primary amides is 1. The average Bonchev–Trinajstić information content (AvgIpc) is 3.20. The lowest BCUT2D eigenvalue weighted by atomic mass is 10.2. The molecule has 0 bridgehead atoms. The van der Waals surface area contributed by atoms with Crippen molar-refractivity contribution in [2.45, 2.75) is 27.3 Å². The van der Waals surface area contributed by atoms with Crippen molar-refractivity contribution in [2.24, 2.45) is 5.73 Å². The lowest BCUT2D eigenvalue weighted by Gasteiger charge is -2.12. The number of carbonyl (C=O) groups is 1. The Morgan fingerprint density at radius 3 is 2.33 bits per heavy atom. The van der Waals surface area contributed by atoms with Crippen LogP contribution in [0.3, 0.4) is 0 Å². The van der Waals surface area contributed by atoms with Gasteiger partial charge in [-0.25, -0.2) is 4.39 Å². The van der Waals surface area contributed by atoms with Gasteiger partial charge < -0.3 is 30.6 Å². The molecule has 0 fully saturated rings. The van der Waals surface area contributed by atoms with E-state index >= 15 is 0 Å². The molecule has 0 saturated heterocycles. The fourth-order valence-electron chi connectivity index (χ4n) is 3.51. The van der Waals surface area contributed by atoms with Crippen LogP contribution in [0.2, 0.25) is 0 Å². The number of anilines is 2. The predicted molar refractivity (Wildman–Crippen MR) is 140 cm³/mol. The van der Waals surface area contributed by atoms with Gasteiger partial charge in [-0.1, -0.05) is 32.0 Å². The van der Waals surface area contributed by atoms with Crippen molar-refractivity contribution < 1.29 is 24.1 Å². The van der Waals surface area contributed by atoms with Gasteiger partial charge in [0.05, 0.1) is 37.2 Å². The molecule has 0 aliphatic heterocycles. The van der Waals surface area contributed by atoms with E-state index in [0.717, 1.165) is 22.4 Å². The third kappa shape index (κ3) is 6.80. The van der Waals surface area contributed by atoms with Crippen LogP contribution in [0, 0.1) is 12.7 Å². The van der Waals surface area contributed by atoms with Crippen LogP contribution in [0.1, 0.15) is 35.5 Å². The van der Waals surface area contributed by atoms with Gasteiger partial charge in [0.25, 0.3) is 5.91 Å². The van der Waals surface area contributed by atoms with Crippen LogP contribution in [-0.2, 0) is 6.54 Å². The van der Waals surface area contributed by atoms with Crippen molar-refractivity contribution in [3.63, 3.8) is 0 Å². The number of fused-ring (bicyclic) bond motifs is 1. The monoisotopic (exact) mass is 496 g/mol. The molecule has 2 aromatic carbocycles. The summed E-state index contributed by atoms with van der Waals surface area (Å²) in [7, 11) is 1.61. The Morgan fingerprint density at radius 1 is 1.11 bits per heavy atom. The molecule has 5 N–H and O–H groups in total. The summed E-state index contributed by atoms with van der Waals surface area (Å²) in [4.78, 5) is 16.6. The van der Waals surface area contributed by atoms with Gasteiger partial charge in [-0.2, -0.15) is 0 Å². The number of rotatable bonds is 7. The number of carbonyl (C=O) groups excluding carboxylic acids is 1. The van der Waals surface area contributed by atoms with Gasteiger partial charge in [0, 0.05) is 24.3 Å². The number of nitrogens with two attached hydrogens (primary N) is 1. The number of aromatic nitrogens is 2. The molecule has 9 heteroatoms. The number of nitrogens with zero attached hydrogens (tertiary/aromatic N) is 2. The van der Waals surface area contributed by atoms with E-state index in [4.69, 9.17) is 20.7 Å². The first-order valence-corrected chi connectivity index (χ1v) is 11.5. The minimum absolute atomic E-state index is 0.125. The fourth-order valence-corrected chi connectivity index (χ4v) is 3.51. The van der Waals surface area contributed by atoms with E-state index in [1.165, 1.54) is 6.07 Å². The first-order chi connectivity index (χ1) is 17.4. The lowest BCUT2D eigenvalue weighted by molar-refractivity contribution is 0.0993. The first kappa shape index (κ1) is 28.3. The van der Waals surface area contributed by atoms with Crippen LogP contribution in [-0.4, -0.2) is 46.0 Å². The third-order valence-electron chi connectivity index (χ3n) is 5.08. The second-order valence-electron chi connectivity index (χ2n) is 7.47. The molecule has 0 unspecified atom stereocenters. The fraction of sp³-hybridized carbons (Fsp3) is 0.259. The van der Waals surface area contributed by atoms with Gasteiger partial charge >= 0.3 is 0 Å². The number of hydrogen-bond acceptors (Lipinski definition) is 6. The molecule has 0 aliphatic rings. The van der Waals surface area contributed by atoms with Crippen LogP contribution >= 0.6 is 0 Å². The second-order valence-corrected chi connectivity index (χ2v) is 7.47. The highest BCUT2D eigenvalue weighted by Crippen LogP contribution is 2.34. The summed E-state index contributed by atoms with van der Waals surface area (Å²) in [6.07, 6.45) is 3.29. The molecule has 36 heavy (non-hydrogen) atoms. The van der Waals surface area contributed by atoms with Crippen molar-refractivity contribution in [2.75, 3.05) is 25.6 Å². The summed E-state index contributed by atoms with van der Waals surface area (Å²) in [5, 5.41) is 19.0. The molecule has 192 valence electrons. The van der Waals surface area contributed by atoms with E-state index in [9.17, 15) is 9.18 Å². The molecule has 4 rings (SSSR count). The van der Waals surface area contributed by atoms with E-state index in [2.05, 4.69) is 10.3 Å². The van der Waals surface area contributed by atoms with E-state index in [1.807, 2.05) is 55.7 Å². The SMILES string of the molecule is CC.COc1ccc(Cn2c(C(N)=O)c(Nc3ccc(C)cc3F)c3cnccc32)cc1.OCCO. The third-order valence-corrected chi connectivity index (χ3v) is 5.08.